The van der Waals surface area contributed by atoms with Crippen LogP contribution < -0.4 is 0 Å². The molecule has 2 unspecified atom stereocenters. The second kappa shape index (κ2) is 4.30. The van der Waals surface area contributed by atoms with Gasteiger partial charge in [0, 0.05) is 14.1 Å². The predicted octanol–water partition coefficient (Wildman–Crippen LogP) is 2.61. The molecule has 78 valence electrons. The number of nitrogens with zero attached hydrogens (tertiary/aromatic N) is 2. The summed E-state index contributed by atoms with van der Waals surface area (Å²) < 4.78 is -0.0572. The normalized spacial score (nSPS) is 32.1. The van der Waals surface area contributed by atoms with Crippen molar-refractivity contribution in [1.82, 2.24) is 4.90 Å². The van der Waals surface area contributed by atoms with Crippen LogP contribution in [0.25, 0.3) is 0 Å². The maximum absolute atomic E-state index is 4.55. The smallest absolute Gasteiger partial charge is 0.0912 e. The third-order valence-electron chi connectivity index (χ3n) is 2.19. The van der Waals surface area contributed by atoms with Gasteiger partial charge in [-0.25, -0.2) is 0 Å². The minimum Gasteiger partial charge on any atom is -0.369 e. The van der Waals surface area contributed by atoms with Crippen molar-refractivity contribution >= 4 is 22.3 Å². The molecule has 14 heavy (non-hydrogen) atoms. The molecule has 0 aromatic heterocycles. The van der Waals surface area contributed by atoms with Gasteiger partial charge < -0.3 is 4.90 Å². The van der Waals surface area contributed by atoms with Crippen LogP contribution in [0.3, 0.4) is 0 Å². The molecule has 1 rings (SSSR count). The van der Waals surface area contributed by atoms with E-state index in [1.165, 1.54) is 5.57 Å². The quantitative estimate of drug-likeness (QED) is 0.422. The highest BCUT2D eigenvalue weighted by Gasteiger charge is 2.31. The second-order valence-electron chi connectivity index (χ2n) is 4.05. The summed E-state index contributed by atoms with van der Waals surface area (Å²) in [6.07, 6.45) is 8.19. The average Bonchev–Trinajstić information content (AvgIpc) is 2.01. The first-order chi connectivity index (χ1) is 6.43. The lowest BCUT2D eigenvalue weighted by Crippen LogP contribution is -2.33. The maximum atomic E-state index is 4.55. The molecular weight excluding hydrogens is 240 g/mol. The number of allylic oxidation sites excluding steroid dienone is 2. The molecule has 0 heterocycles. The lowest BCUT2D eigenvalue weighted by Gasteiger charge is -2.30. The SMILES string of the molecule is CC1=CC=CC(C)(Br)C1/N=C/N(C)C. The number of hydrogen-bond donors (Lipinski definition) is 0. The van der Waals surface area contributed by atoms with E-state index in [-0.39, 0.29) is 10.4 Å². The fourth-order valence-corrected chi connectivity index (χ4v) is 2.11. The predicted molar refractivity (Wildman–Crippen MR) is 66.2 cm³/mol. The zero-order valence-electron chi connectivity index (χ0n) is 9.16. The Balaban J connectivity index is 2.85. The van der Waals surface area contributed by atoms with Gasteiger partial charge in [0.15, 0.2) is 0 Å². The third kappa shape index (κ3) is 2.71. The van der Waals surface area contributed by atoms with E-state index in [1.54, 1.807) is 0 Å². The molecule has 0 amide bonds. The van der Waals surface area contributed by atoms with Crippen molar-refractivity contribution in [2.24, 2.45) is 4.99 Å². The molecule has 2 nitrogen and oxygen atoms in total. The Morgan fingerprint density at radius 1 is 1.57 bits per heavy atom. The first kappa shape index (κ1) is 11.5. The van der Waals surface area contributed by atoms with Crippen LogP contribution in [-0.2, 0) is 0 Å². The molecule has 0 aromatic carbocycles. The number of halogens is 1. The van der Waals surface area contributed by atoms with Gasteiger partial charge in [-0.15, -0.1) is 0 Å². The second-order valence-corrected chi connectivity index (χ2v) is 5.76. The minimum atomic E-state index is -0.0572. The Morgan fingerprint density at radius 2 is 2.21 bits per heavy atom. The number of hydrogen-bond acceptors (Lipinski definition) is 1. The van der Waals surface area contributed by atoms with Crippen molar-refractivity contribution in [2.45, 2.75) is 24.2 Å². The summed E-state index contributed by atoms with van der Waals surface area (Å²) in [7, 11) is 3.96. The van der Waals surface area contributed by atoms with E-state index >= 15 is 0 Å². The highest BCUT2D eigenvalue weighted by Crippen LogP contribution is 2.33. The molecule has 0 aromatic rings. The molecule has 3 heteroatoms. The van der Waals surface area contributed by atoms with Crippen molar-refractivity contribution < 1.29 is 0 Å². The van der Waals surface area contributed by atoms with Crippen molar-refractivity contribution in [2.75, 3.05) is 14.1 Å². The average molecular weight is 257 g/mol. The number of alkyl halides is 1. The summed E-state index contributed by atoms with van der Waals surface area (Å²) in [6, 6.07) is 0.190. The third-order valence-corrected chi connectivity index (χ3v) is 2.89. The Labute approximate surface area is 94.5 Å². The van der Waals surface area contributed by atoms with Gasteiger partial charge >= 0.3 is 0 Å². The fraction of sp³-hybridized carbons (Fsp3) is 0.545. The highest BCUT2D eigenvalue weighted by atomic mass is 79.9. The Bertz CT molecular complexity index is 288. The largest absolute Gasteiger partial charge is 0.369 e. The van der Waals surface area contributed by atoms with Gasteiger partial charge in [0.1, 0.15) is 0 Å². The van der Waals surface area contributed by atoms with Crippen LogP contribution in [-0.4, -0.2) is 35.7 Å². The Morgan fingerprint density at radius 3 is 2.71 bits per heavy atom. The zero-order chi connectivity index (χ0) is 10.8. The molecule has 0 saturated carbocycles. The lowest BCUT2D eigenvalue weighted by molar-refractivity contribution is 0.608. The molecule has 0 bridgehead atoms. The molecule has 0 aliphatic heterocycles. The molecule has 1 aliphatic carbocycles. The van der Waals surface area contributed by atoms with Crippen LogP contribution >= 0.6 is 15.9 Å². The van der Waals surface area contributed by atoms with E-state index in [0.29, 0.717) is 0 Å². The Hall–Kier alpha value is -0.570. The van der Waals surface area contributed by atoms with Crippen LogP contribution in [0.4, 0.5) is 0 Å². The summed E-state index contributed by atoms with van der Waals surface area (Å²) in [5.74, 6) is 0. The van der Waals surface area contributed by atoms with E-state index in [1.807, 2.05) is 25.3 Å². The van der Waals surface area contributed by atoms with Crippen molar-refractivity contribution in [3.05, 3.63) is 23.8 Å². The molecule has 0 saturated heterocycles. The summed E-state index contributed by atoms with van der Waals surface area (Å²) in [5, 5.41) is 0. The summed E-state index contributed by atoms with van der Waals surface area (Å²) >= 11 is 3.69. The van der Waals surface area contributed by atoms with E-state index in [2.05, 4.69) is 53.0 Å². The van der Waals surface area contributed by atoms with Crippen molar-refractivity contribution in [1.29, 1.82) is 0 Å². The summed E-state index contributed by atoms with van der Waals surface area (Å²) in [6.45, 7) is 4.25. The molecule has 2 atom stereocenters. The molecule has 0 N–H and O–H groups in total. The van der Waals surface area contributed by atoms with E-state index in [9.17, 15) is 0 Å². The van der Waals surface area contributed by atoms with Gasteiger partial charge in [-0.2, -0.15) is 0 Å². The van der Waals surface area contributed by atoms with Gasteiger partial charge in [0.2, 0.25) is 0 Å². The molecule has 0 spiro atoms. The van der Waals surface area contributed by atoms with Crippen molar-refractivity contribution in [3.8, 4) is 0 Å². The number of rotatable bonds is 2. The van der Waals surface area contributed by atoms with Gasteiger partial charge in [-0.05, 0) is 19.4 Å². The Kier molecular flexibility index (Phi) is 3.53. The van der Waals surface area contributed by atoms with Crippen molar-refractivity contribution in [3.63, 3.8) is 0 Å². The summed E-state index contributed by atoms with van der Waals surface area (Å²) in [4.78, 5) is 6.50. The molecule has 0 fully saturated rings. The molecular formula is C11H17BrN2. The first-order valence-corrected chi connectivity index (χ1v) is 5.47. The fourth-order valence-electron chi connectivity index (χ4n) is 1.48. The van der Waals surface area contributed by atoms with Gasteiger partial charge in [0.05, 0.1) is 16.7 Å². The maximum Gasteiger partial charge on any atom is 0.0912 e. The monoisotopic (exact) mass is 256 g/mol. The van der Waals surface area contributed by atoms with Crippen LogP contribution in [0, 0.1) is 0 Å². The van der Waals surface area contributed by atoms with E-state index in [4.69, 9.17) is 0 Å². The molecule has 0 radical (unpaired) electrons. The van der Waals surface area contributed by atoms with E-state index < -0.39 is 0 Å². The van der Waals surface area contributed by atoms with Crippen LogP contribution in [0.1, 0.15) is 13.8 Å². The van der Waals surface area contributed by atoms with Gasteiger partial charge in [-0.1, -0.05) is 34.2 Å². The van der Waals surface area contributed by atoms with Crippen LogP contribution in [0.5, 0.6) is 0 Å². The van der Waals surface area contributed by atoms with Gasteiger partial charge in [0.25, 0.3) is 0 Å². The molecule has 1 aliphatic rings. The number of aliphatic imine (C=N–C) groups is 1. The van der Waals surface area contributed by atoms with E-state index in [0.717, 1.165) is 0 Å². The lowest BCUT2D eigenvalue weighted by atomic mass is 9.91. The van der Waals surface area contributed by atoms with Crippen LogP contribution in [0.15, 0.2) is 28.8 Å². The standard InChI is InChI=1S/C11H17BrN2/c1-9-6-5-7-11(2,12)10(9)13-8-14(3)4/h5-8,10H,1-4H3/b13-8+. The zero-order valence-corrected chi connectivity index (χ0v) is 10.7. The van der Waals surface area contributed by atoms with Crippen LogP contribution in [0.2, 0.25) is 0 Å². The topological polar surface area (TPSA) is 15.6 Å². The van der Waals surface area contributed by atoms with Gasteiger partial charge in [-0.3, -0.25) is 4.99 Å². The first-order valence-electron chi connectivity index (χ1n) is 4.68. The minimum absolute atomic E-state index is 0.0572. The highest BCUT2D eigenvalue weighted by molar-refractivity contribution is 9.10. The summed E-state index contributed by atoms with van der Waals surface area (Å²) in [5.41, 5.74) is 1.28.